The molecule has 0 aliphatic carbocycles. The molecular weight excluding hydrogens is 324 g/mol. The van der Waals surface area contributed by atoms with E-state index < -0.39 is 0 Å². The molecule has 0 saturated carbocycles. The molecule has 0 aliphatic rings. The fourth-order valence-electron chi connectivity index (χ4n) is 2.52. The summed E-state index contributed by atoms with van der Waals surface area (Å²) < 4.78 is 5.15. The molecule has 0 bridgehead atoms. The van der Waals surface area contributed by atoms with Crippen LogP contribution in [0.1, 0.15) is 11.1 Å². The predicted molar refractivity (Wildman–Crippen MR) is 104 cm³/mol. The third kappa shape index (κ3) is 4.57. The second kappa shape index (κ2) is 8.62. The summed E-state index contributed by atoms with van der Waals surface area (Å²) in [5.41, 5.74) is 1.98. The Morgan fingerprint density at radius 3 is 2.38 bits per heavy atom. The highest BCUT2D eigenvalue weighted by molar-refractivity contribution is 6.03. The number of hydrogen-bond donors (Lipinski definition) is 0. The molecule has 0 unspecified atom stereocenters. The first-order chi connectivity index (χ1) is 12.8. The zero-order valence-electron chi connectivity index (χ0n) is 14.6. The summed E-state index contributed by atoms with van der Waals surface area (Å²) in [6.45, 7) is 0.462. The van der Waals surface area contributed by atoms with Gasteiger partial charge in [-0.15, -0.1) is 0 Å². The van der Waals surface area contributed by atoms with Gasteiger partial charge in [0.25, 0.3) is 5.91 Å². The molecule has 26 heavy (non-hydrogen) atoms. The molecule has 3 aromatic rings. The molecule has 2 aromatic carbocycles. The van der Waals surface area contributed by atoms with Crippen molar-refractivity contribution < 1.29 is 9.53 Å². The highest BCUT2D eigenvalue weighted by Gasteiger charge is 2.14. The summed E-state index contributed by atoms with van der Waals surface area (Å²) in [5.74, 6) is 1.29. The largest absolute Gasteiger partial charge is 0.497 e. The summed E-state index contributed by atoms with van der Waals surface area (Å²) >= 11 is 0. The first-order valence-corrected chi connectivity index (χ1v) is 8.35. The zero-order valence-corrected chi connectivity index (χ0v) is 14.6. The standard InChI is InChI=1S/C22H20N2O2/c1-26-20-13-10-18(11-14-20)12-15-22(25)24(21-9-5-6-16-23-21)17-19-7-3-2-4-8-19/h2-16H,17H2,1H3/b15-12+. The molecule has 4 nitrogen and oxygen atoms in total. The number of benzene rings is 2. The third-order valence-corrected chi connectivity index (χ3v) is 3.91. The average molecular weight is 344 g/mol. The van der Waals surface area contributed by atoms with Gasteiger partial charge in [0.15, 0.2) is 0 Å². The minimum Gasteiger partial charge on any atom is -0.497 e. The maximum Gasteiger partial charge on any atom is 0.252 e. The predicted octanol–water partition coefficient (Wildman–Crippen LogP) is 4.34. The highest BCUT2D eigenvalue weighted by Crippen LogP contribution is 2.16. The quantitative estimate of drug-likeness (QED) is 0.625. The molecule has 0 radical (unpaired) electrons. The lowest BCUT2D eigenvalue weighted by Crippen LogP contribution is -2.29. The molecular formula is C22H20N2O2. The molecule has 130 valence electrons. The molecule has 0 spiro atoms. The van der Waals surface area contributed by atoms with Gasteiger partial charge < -0.3 is 4.74 Å². The van der Waals surface area contributed by atoms with Crippen molar-refractivity contribution in [1.29, 1.82) is 0 Å². The van der Waals surface area contributed by atoms with E-state index in [1.165, 1.54) is 0 Å². The van der Waals surface area contributed by atoms with Crippen molar-refractivity contribution >= 4 is 17.8 Å². The smallest absolute Gasteiger partial charge is 0.252 e. The number of carbonyl (C=O) groups excluding carboxylic acids is 1. The number of ether oxygens (including phenoxy) is 1. The number of rotatable bonds is 6. The minimum absolute atomic E-state index is 0.122. The fraction of sp³-hybridized carbons (Fsp3) is 0.0909. The van der Waals surface area contributed by atoms with Crippen molar-refractivity contribution in [3.8, 4) is 5.75 Å². The van der Waals surface area contributed by atoms with E-state index in [0.29, 0.717) is 12.4 Å². The lowest BCUT2D eigenvalue weighted by Gasteiger charge is -2.20. The summed E-state index contributed by atoms with van der Waals surface area (Å²) in [6.07, 6.45) is 5.05. The normalized spacial score (nSPS) is 10.7. The van der Waals surface area contributed by atoms with Crippen LogP contribution >= 0.6 is 0 Å². The number of hydrogen-bond acceptors (Lipinski definition) is 3. The molecule has 0 saturated heterocycles. The summed E-state index contributed by atoms with van der Waals surface area (Å²) in [7, 11) is 1.63. The molecule has 0 atom stereocenters. The maximum absolute atomic E-state index is 12.8. The monoisotopic (exact) mass is 344 g/mol. The van der Waals surface area contributed by atoms with Crippen LogP contribution in [0.5, 0.6) is 5.75 Å². The number of amides is 1. The van der Waals surface area contributed by atoms with E-state index in [1.807, 2.05) is 72.8 Å². The molecule has 4 heteroatoms. The van der Waals surface area contributed by atoms with Gasteiger partial charge in [0.2, 0.25) is 0 Å². The lowest BCUT2D eigenvalue weighted by molar-refractivity contribution is -0.114. The maximum atomic E-state index is 12.8. The van der Waals surface area contributed by atoms with Crippen molar-refractivity contribution in [3.63, 3.8) is 0 Å². The third-order valence-electron chi connectivity index (χ3n) is 3.91. The minimum atomic E-state index is -0.122. The van der Waals surface area contributed by atoms with E-state index in [2.05, 4.69) is 4.98 Å². The van der Waals surface area contributed by atoms with E-state index in [4.69, 9.17) is 4.74 Å². The van der Waals surface area contributed by atoms with Gasteiger partial charge in [-0.3, -0.25) is 9.69 Å². The van der Waals surface area contributed by atoms with Crippen LogP contribution in [-0.2, 0) is 11.3 Å². The first-order valence-electron chi connectivity index (χ1n) is 8.35. The lowest BCUT2D eigenvalue weighted by atomic mass is 10.2. The highest BCUT2D eigenvalue weighted by atomic mass is 16.5. The number of anilines is 1. The van der Waals surface area contributed by atoms with Crippen LogP contribution in [-0.4, -0.2) is 18.0 Å². The van der Waals surface area contributed by atoms with Crippen LogP contribution in [0.2, 0.25) is 0 Å². The van der Waals surface area contributed by atoms with E-state index in [0.717, 1.165) is 16.9 Å². The average Bonchev–Trinajstić information content (AvgIpc) is 2.72. The van der Waals surface area contributed by atoms with Gasteiger partial charge in [0.1, 0.15) is 11.6 Å². The Balaban J connectivity index is 1.81. The van der Waals surface area contributed by atoms with Gasteiger partial charge >= 0.3 is 0 Å². The van der Waals surface area contributed by atoms with Gasteiger partial charge in [0.05, 0.1) is 13.7 Å². The SMILES string of the molecule is COc1ccc(/C=C/C(=O)N(Cc2ccccc2)c2ccccn2)cc1. The van der Waals surface area contributed by atoms with Crippen LogP contribution in [0.4, 0.5) is 5.82 Å². The topological polar surface area (TPSA) is 42.4 Å². The van der Waals surface area contributed by atoms with Crippen molar-refractivity contribution in [2.75, 3.05) is 12.0 Å². The van der Waals surface area contributed by atoms with E-state index in [9.17, 15) is 4.79 Å². The van der Waals surface area contributed by atoms with Crippen LogP contribution in [0, 0.1) is 0 Å². The van der Waals surface area contributed by atoms with Gasteiger partial charge in [-0.25, -0.2) is 4.98 Å². The van der Waals surface area contributed by atoms with Crippen molar-refractivity contribution in [2.45, 2.75) is 6.54 Å². The summed E-state index contributed by atoms with van der Waals surface area (Å²) in [5, 5.41) is 0. The number of nitrogens with zero attached hydrogens (tertiary/aromatic N) is 2. The molecule has 1 aromatic heterocycles. The first kappa shape index (κ1) is 17.4. The van der Waals surface area contributed by atoms with Gasteiger partial charge in [-0.1, -0.05) is 48.5 Å². The molecule has 0 fully saturated rings. The Hall–Kier alpha value is -3.40. The molecule has 0 N–H and O–H groups in total. The summed E-state index contributed by atoms with van der Waals surface area (Å²) in [4.78, 5) is 18.8. The van der Waals surface area contributed by atoms with E-state index in [-0.39, 0.29) is 5.91 Å². The van der Waals surface area contributed by atoms with Gasteiger partial charge in [-0.2, -0.15) is 0 Å². The molecule has 0 aliphatic heterocycles. The Morgan fingerprint density at radius 1 is 1.00 bits per heavy atom. The number of carbonyl (C=O) groups is 1. The van der Waals surface area contributed by atoms with Gasteiger partial charge in [0, 0.05) is 12.3 Å². The fourth-order valence-corrected chi connectivity index (χ4v) is 2.52. The molecule has 1 amide bonds. The van der Waals surface area contributed by atoms with Crippen molar-refractivity contribution in [2.24, 2.45) is 0 Å². The number of pyridine rings is 1. The Labute approximate surface area is 153 Å². The number of methoxy groups -OCH3 is 1. The zero-order chi connectivity index (χ0) is 18.2. The second-order valence-corrected chi connectivity index (χ2v) is 5.70. The Morgan fingerprint density at radius 2 is 1.73 bits per heavy atom. The van der Waals surface area contributed by atoms with E-state index in [1.54, 1.807) is 30.4 Å². The van der Waals surface area contributed by atoms with Crippen LogP contribution in [0.15, 0.2) is 85.1 Å². The van der Waals surface area contributed by atoms with Crippen molar-refractivity contribution in [3.05, 3.63) is 96.2 Å². The van der Waals surface area contributed by atoms with E-state index >= 15 is 0 Å². The summed E-state index contributed by atoms with van der Waals surface area (Å²) in [6, 6.07) is 23.0. The van der Waals surface area contributed by atoms with Crippen LogP contribution < -0.4 is 9.64 Å². The second-order valence-electron chi connectivity index (χ2n) is 5.70. The van der Waals surface area contributed by atoms with Crippen molar-refractivity contribution in [1.82, 2.24) is 4.98 Å². The van der Waals surface area contributed by atoms with Crippen LogP contribution in [0.25, 0.3) is 6.08 Å². The Bertz CT molecular complexity index is 860. The molecule has 3 rings (SSSR count). The Kier molecular flexibility index (Phi) is 5.78. The molecule has 1 heterocycles. The number of aromatic nitrogens is 1. The van der Waals surface area contributed by atoms with Crippen LogP contribution in [0.3, 0.4) is 0 Å². The van der Waals surface area contributed by atoms with Gasteiger partial charge in [-0.05, 0) is 41.5 Å².